The van der Waals surface area contributed by atoms with E-state index in [4.69, 9.17) is 5.73 Å². The van der Waals surface area contributed by atoms with Gasteiger partial charge >= 0.3 is 0 Å². The van der Waals surface area contributed by atoms with Crippen LogP contribution in [-0.2, 0) is 11.2 Å². The van der Waals surface area contributed by atoms with E-state index >= 15 is 0 Å². The molecule has 0 aromatic heterocycles. The van der Waals surface area contributed by atoms with Gasteiger partial charge in [-0.1, -0.05) is 12.1 Å². The Labute approximate surface area is 118 Å². The highest BCUT2D eigenvalue weighted by atomic mass is 16.1. The second kappa shape index (κ2) is 7.05. The van der Waals surface area contributed by atoms with Crippen molar-refractivity contribution in [3.63, 3.8) is 0 Å². The third kappa shape index (κ3) is 4.35. The van der Waals surface area contributed by atoms with Gasteiger partial charge in [0.1, 0.15) is 0 Å². The third-order valence-electron chi connectivity index (χ3n) is 3.54. The molecule has 0 bridgehead atoms. The first kappa shape index (κ1) is 14.5. The van der Waals surface area contributed by atoms with Crippen LogP contribution in [0.3, 0.4) is 0 Å². The van der Waals surface area contributed by atoms with Crippen molar-refractivity contribution in [2.75, 3.05) is 13.1 Å². The van der Waals surface area contributed by atoms with Crippen LogP contribution >= 0.6 is 0 Å². The molecular weight excluding hydrogens is 254 g/mol. The molecule has 5 heteroatoms. The first-order valence-electron chi connectivity index (χ1n) is 7.04. The van der Waals surface area contributed by atoms with Crippen molar-refractivity contribution >= 4 is 11.8 Å². The maximum atomic E-state index is 11.7. The van der Waals surface area contributed by atoms with Gasteiger partial charge in [-0.15, -0.1) is 0 Å². The highest BCUT2D eigenvalue weighted by Crippen LogP contribution is 2.08. The van der Waals surface area contributed by atoms with Crippen LogP contribution in [0.4, 0.5) is 0 Å². The van der Waals surface area contributed by atoms with Gasteiger partial charge < -0.3 is 16.4 Å². The summed E-state index contributed by atoms with van der Waals surface area (Å²) in [5, 5.41) is 6.21. The van der Waals surface area contributed by atoms with Crippen molar-refractivity contribution in [3.05, 3.63) is 35.4 Å². The molecule has 20 heavy (non-hydrogen) atoms. The summed E-state index contributed by atoms with van der Waals surface area (Å²) in [6, 6.07) is 7.52. The molecule has 0 saturated carbocycles. The standard InChI is InChI=1S/C15H21N3O2/c16-15(20)12-4-1-3-11(9-12)6-8-18-14(19)10-13-5-2-7-17-13/h1,3-4,9,13,17H,2,5-8,10H2,(H2,16,20)(H,18,19). The van der Waals surface area contributed by atoms with E-state index in [0.29, 0.717) is 31.0 Å². The normalized spacial score (nSPS) is 17.9. The molecular formula is C15H21N3O2. The summed E-state index contributed by atoms with van der Waals surface area (Å²) in [4.78, 5) is 22.8. The van der Waals surface area contributed by atoms with Crippen LogP contribution in [0.15, 0.2) is 24.3 Å². The number of rotatable bonds is 6. The fraction of sp³-hybridized carbons (Fsp3) is 0.467. The van der Waals surface area contributed by atoms with Crippen molar-refractivity contribution in [2.24, 2.45) is 5.73 Å². The first-order valence-corrected chi connectivity index (χ1v) is 7.04. The smallest absolute Gasteiger partial charge is 0.248 e. The van der Waals surface area contributed by atoms with E-state index in [1.165, 1.54) is 0 Å². The summed E-state index contributed by atoms with van der Waals surface area (Å²) in [5.41, 5.74) is 6.74. The van der Waals surface area contributed by atoms with Gasteiger partial charge in [0.15, 0.2) is 0 Å². The highest BCUT2D eigenvalue weighted by molar-refractivity contribution is 5.92. The van der Waals surface area contributed by atoms with Gasteiger partial charge in [-0.2, -0.15) is 0 Å². The molecule has 0 radical (unpaired) electrons. The van der Waals surface area contributed by atoms with E-state index in [-0.39, 0.29) is 5.91 Å². The van der Waals surface area contributed by atoms with Crippen LogP contribution < -0.4 is 16.4 Å². The Morgan fingerprint density at radius 2 is 2.25 bits per heavy atom. The monoisotopic (exact) mass is 275 g/mol. The van der Waals surface area contributed by atoms with E-state index in [2.05, 4.69) is 10.6 Å². The van der Waals surface area contributed by atoms with Gasteiger partial charge in [0.05, 0.1) is 0 Å². The van der Waals surface area contributed by atoms with E-state index in [1.54, 1.807) is 18.2 Å². The second-order valence-corrected chi connectivity index (χ2v) is 5.16. The average Bonchev–Trinajstić information content (AvgIpc) is 2.92. The lowest BCUT2D eigenvalue weighted by Crippen LogP contribution is -2.32. The largest absolute Gasteiger partial charge is 0.366 e. The van der Waals surface area contributed by atoms with Crippen LogP contribution in [0.2, 0.25) is 0 Å². The van der Waals surface area contributed by atoms with E-state index in [9.17, 15) is 9.59 Å². The van der Waals surface area contributed by atoms with Crippen LogP contribution in [-0.4, -0.2) is 30.9 Å². The number of amides is 2. The van der Waals surface area contributed by atoms with Gasteiger partial charge in [0, 0.05) is 24.6 Å². The lowest BCUT2D eigenvalue weighted by atomic mass is 10.1. The van der Waals surface area contributed by atoms with E-state index in [1.807, 2.05) is 6.07 Å². The van der Waals surface area contributed by atoms with Gasteiger partial charge in [0.25, 0.3) is 0 Å². The molecule has 4 N–H and O–H groups in total. The average molecular weight is 275 g/mol. The maximum absolute atomic E-state index is 11.7. The summed E-state index contributed by atoms with van der Waals surface area (Å²) in [5.74, 6) is -0.348. The zero-order chi connectivity index (χ0) is 14.4. The number of hydrogen-bond donors (Lipinski definition) is 3. The first-order chi connectivity index (χ1) is 9.65. The third-order valence-corrected chi connectivity index (χ3v) is 3.54. The molecule has 0 spiro atoms. The number of hydrogen-bond acceptors (Lipinski definition) is 3. The quantitative estimate of drug-likeness (QED) is 0.710. The Bertz CT molecular complexity index is 482. The Kier molecular flexibility index (Phi) is 5.12. The van der Waals surface area contributed by atoms with Crippen molar-refractivity contribution in [1.29, 1.82) is 0 Å². The van der Waals surface area contributed by atoms with Crippen LogP contribution in [0.25, 0.3) is 0 Å². The van der Waals surface area contributed by atoms with Crippen molar-refractivity contribution < 1.29 is 9.59 Å². The molecule has 2 rings (SSSR count). The molecule has 5 nitrogen and oxygen atoms in total. The summed E-state index contributed by atoms with van der Waals surface area (Å²) in [7, 11) is 0. The van der Waals surface area contributed by atoms with Crippen molar-refractivity contribution in [2.45, 2.75) is 31.7 Å². The topological polar surface area (TPSA) is 84.2 Å². The molecule has 1 unspecified atom stereocenters. The van der Waals surface area contributed by atoms with E-state index < -0.39 is 5.91 Å². The lowest BCUT2D eigenvalue weighted by molar-refractivity contribution is -0.121. The van der Waals surface area contributed by atoms with Crippen LogP contribution in [0.5, 0.6) is 0 Å². The Morgan fingerprint density at radius 1 is 1.40 bits per heavy atom. The maximum Gasteiger partial charge on any atom is 0.248 e. The molecule has 1 heterocycles. The number of nitrogens with one attached hydrogen (secondary N) is 2. The predicted molar refractivity (Wildman–Crippen MR) is 77.3 cm³/mol. The van der Waals surface area contributed by atoms with Crippen molar-refractivity contribution in [3.8, 4) is 0 Å². The van der Waals surface area contributed by atoms with Crippen LogP contribution in [0.1, 0.15) is 35.2 Å². The summed E-state index contributed by atoms with van der Waals surface area (Å²) in [6.07, 6.45) is 3.47. The Balaban J connectivity index is 1.73. The molecule has 2 amide bonds. The molecule has 1 saturated heterocycles. The number of carbonyl (C=O) groups is 2. The zero-order valence-electron chi connectivity index (χ0n) is 11.5. The molecule has 1 fully saturated rings. The summed E-state index contributed by atoms with van der Waals surface area (Å²) >= 11 is 0. The zero-order valence-corrected chi connectivity index (χ0v) is 11.5. The minimum atomic E-state index is -0.428. The minimum Gasteiger partial charge on any atom is -0.366 e. The molecule has 0 aliphatic carbocycles. The van der Waals surface area contributed by atoms with Gasteiger partial charge in [-0.3, -0.25) is 9.59 Å². The van der Waals surface area contributed by atoms with Crippen LogP contribution in [0, 0.1) is 0 Å². The lowest BCUT2D eigenvalue weighted by Gasteiger charge is -2.10. The predicted octanol–water partition coefficient (Wildman–Crippen LogP) is 0.586. The number of benzene rings is 1. The molecule has 108 valence electrons. The van der Waals surface area contributed by atoms with E-state index in [0.717, 1.165) is 24.9 Å². The second-order valence-electron chi connectivity index (χ2n) is 5.16. The highest BCUT2D eigenvalue weighted by Gasteiger charge is 2.17. The molecule has 1 aromatic rings. The minimum absolute atomic E-state index is 0.0791. The number of nitrogens with two attached hydrogens (primary N) is 1. The fourth-order valence-corrected chi connectivity index (χ4v) is 2.45. The van der Waals surface area contributed by atoms with Gasteiger partial charge in [-0.05, 0) is 43.5 Å². The molecule has 1 aliphatic heterocycles. The molecule has 1 aliphatic rings. The molecule has 1 aromatic carbocycles. The fourth-order valence-electron chi connectivity index (χ4n) is 2.45. The van der Waals surface area contributed by atoms with Gasteiger partial charge in [0.2, 0.25) is 11.8 Å². The number of primary amides is 1. The Morgan fingerprint density at radius 3 is 2.95 bits per heavy atom. The molecule has 1 atom stereocenters. The summed E-state index contributed by atoms with van der Waals surface area (Å²) < 4.78 is 0. The SMILES string of the molecule is NC(=O)c1cccc(CCNC(=O)CC2CCCN2)c1. The Hall–Kier alpha value is -1.88. The van der Waals surface area contributed by atoms with Gasteiger partial charge in [-0.25, -0.2) is 0 Å². The summed E-state index contributed by atoms with van der Waals surface area (Å²) in [6.45, 7) is 1.59. The van der Waals surface area contributed by atoms with Crippen molar-refractivity contribution in [1.82, 2.24) is 10.6 Å². The number of carbonyl (C=O) groups excluding carboxylic acids is 2.